The third-order valence-electron chi connectivity index (χ3n) is 7.60. The molecule has 1 aliphatic rings. The van der Waals surface area contributed by atoms with Crippen molar-refractivity contribution >= 4 is 62.3 Å². The fourth-order valence-electron chi connectivity index (χ4n) is 5.25. The Labute approximate surface area is 275 Å². The van der Waals surface area contributed by atoms with Gasteiger partial charge in [-0.25, -0.2) is 8.42 Å². The Morgan fingerprint density at radius 1 is 0.956 bits per heavy atom. The van der Waals surface area contributed by atoms with Crippen molar-refractivity contribution in [2.24, 2.45) is 0 Å². The number of anilines is 1. The van der Waals surface area contributed by atoms with E-state index < -0.39 is 56.9 Å². The van der Waals surface area contributed by atoms with Crippen LogP contribution in [0, 0.1) is 0 Å². The Bertz CT molecular complexity index is 1640. The van der Waals surface area contributed by atoms with E-state index >= 15 is 0 Å². The van der Waals surface area contributed by atoms with E-state index in [-0.39, 0.29) is 28.9 Å². The van der Waals surface area contributed by atoms with Gasteiger partial charge < -0.3 is 10.2 Å². The lowest BCUT2D eigenvalue weighted by molar-refractivity contribution is -0.140. The van der Waals surface area contributed by atoms with Gasteiger partial charge in [0.25, 0.3) is 10.0 Å². The summed E-state index contributed by atoms with van der Waals surface area (Å²) in [5, 5.41) is 2.91. The van der Waals surface area contributed by atoms with Crippen LogP contribution in [0.3, 0.4) is 0 Å². The Balaban J connectivity index is 1.79. The standard InChI is InChI=1S/C31H31Cl3F3N3O4S/c1-2-28(30(42)38-22-8-6-7-9-22)39(18-20-12-13-21(32)16-27(20)34)29(41)19-40(45(43,44)24-10-4-3-5-11-24)23-14-15-26(33)25(17-23)31(35,36)37/h3-5,10-17,22,28H,2,6-9,18-19H2,1H3,(H,38,42)/t28-/m0/s1. The highest BCUT2D eigenvalue weighted by Crippen LogP contribution is 2.38. The Kier molecular flexibility index (Phi) is 11.3. The van der Waals surface area contributed by atoms with Gasteiger partial charge in [0.2, 0.25) is 11.8 Å². The number of amides is 2. The average molecular weight is 705 g/mol. The molecule has 1 saturated carbocycles. The smallest absolute Gasteiger partial charge is 0.352 e. The number of hydrogen-bond donors (Lipinski definition) is 1. The number of benzene rings is 3. The van der Waals surface area contributed by atoms with Gasteiger partial charge in [0.05, 0.1) is 21.2 Å². The second kappa shape index (κ2) is 14.6. The van der Waals surface area contributed by atoms with Crippen LogP contribution in [0.25, 0.3) is 0 Å². The molecule has 0 aromatic heterocycles. The van der Waals surface area contributed by atoms with Crippen molar-refractivity contribution in [2.75, 3.05) is 10.8 Å². The summed E-state index contributed by atoms with van der Waals surface area (Å²) >= 11 is 18.3. The van der Waals surface area contributed by atoms with Crippen LogP contribution in [-0.2, 0) is 32.3 Å². The van der Waals surface area contributed by atoms with Gasteiger partial charge in [0, 0.05) is 22.6 Å². The highest BCUT2D eigenvalue weighted by atomic mass is 35.5. The first-order chi connectivity index (χ1) is 21.2. The van der Waals surface area contributed by atoms with Gasteiger partial charge in [0.15, 0.2) is 0 Å². The summed E-state index contributed by atoms with van der Waals surface area (Å²) < 4.78 is 69.9. The first kappa shape index (κ1) is 34.9. The van der Waals surface area contributed by atoms with Gasteiger partial charge in [0.1, 0.15) is 12.6 Å². The van der Waals surface area contributed by atoms with Crippen LogP contribution in [0.5, 0.6) is 0 Å². The van der Waals surface area contributed by atoms with E-state index in [0.717, 1.165) is 37.8 Å². The molecule has 0 bridgehead atoms. The third kappa shape index (κ3) is 8.44. The topological polar surface area (TPSA) is 86.8 Å². The largest absolute Gasteiger partial charge is 0.417 e. The molecular formula is C31H31Cl3F3N3O4S. The summed E-state index contributed by atoms with van der Waals surface area (Å²) in [5.74, 6) is -1.26. The van der Waals surface area contributed by atoms with Crippen LogP contribution in [-0.4, -0.2) is 43.8 Å². The van der Waals surface area contributed by atoms with Crippen molar-refractivity contribution < 1.29 is 31.2 Å². The van der Waals surface area contributed by atoms with Gasteiger partial charge in [-0.1, -0.05) is 78.8 Å². The highest BCUT2D eigenvalue weighted by Gasteiger charge is 2.37. The van der Waals surface area contributed by atoms with Gasteiger partial charge >= 0.3 is 6.18 Å². The summed E-state index contributed by atoms with van der Waals surface area (Å²) in [5.41, 5.74) is -1.27. The van der Waals surface area contributed by atoms with Crippen LogP contribution >= 0.6 is 34.8 Å². The van der Waals surface area contributed by atoms with Crippen LogP contribution in [0.15, 0.2) is 71.6 Å². The lowest BCUT2D eigenvalue weighted by Crippen LogP contribution is -2.53. The minimum absolute atomic E-state index is 0.0626. The molecule has 1 atom stereocenters. The molecule has 3 aromatic rings. The van der Waals surface area contributed by atoms with Gasteiger partial charge in [-0.15, -0.1) is 0 Å². The number of nitrogens with zero attached hydrogens (tertiary/aromatic N) is 2. The molecule has 0 radical (unpaired) electrons. The molecule has 0 spiro atoms. The number of rotatable bonds is 11. The van der Waals surface area contributed by atoms with Crippen molar-refractivity contribution in [1.29, 1.82) is 0 Å². The van der Waals surface area contributed by atoms with Crippen molar-refractivity contribution in [3.63, 3.8) is 0 Å². The van der Waals surface area contributed by atoms with Gasteiger partial charge in [-0.2, -0.15) is 13.2 Å². The predicted octanol–water partition coefficient (Wildman–Crippen LogP) is 7.73. The number of alkyl halides is 3. The Morgan fingerprint density at radius 3 is 2.22 bits per heavy atom. The summed E-state index contributed by atoms with van der Waals surface area (Å²) in [6.45, 7) is 0.587. The Hall–Kier alpha value is -2.99. The van der Waals surface area contributed by atoms with Crippen LogP contribution in [0.2, 0.25) is 15.1 Å². The molecule has 0 heterocycles. The van der Waals surface area contributed by atoms with Crippen molar-refractivity contribution in [1.82, 2.24) is 10.2 Å². The molecule has 3 aromatic carbocycles. The molecule has 1 fully saturated rings. The molecule has 1 N–H and O–H groups in total. The number of hydrogen-bond acceptors (Lipinski definition) is 4. The second-order valence-corrected chi connectivity index (χ2v) is 13.8. The minimum atomic E-state index is -4.90. The van der Waals surface area contributed by atoms with E-state index in [9.17, 15) is 31.2 Å². The zero-order valence-electron chi connectivity index (χ0n) is 24.2. The number of carbonyl (C=O) groups is 2. The van der Waals surface area contributed by atoms with Gasteiger partial charge in [-0.05, 0) is 67.3 Å². The molecule has 45 heavy (non-hydrogen) atoms. The molecule has 1 aliphatic carbocycles. The fourth-order valence-corrected chi connectivity index (χ4v) is 7.37. The maximum atomic E-state index is 14.2. The molecule has 0 saturated heterocycles. The fraction of sp³-hybridized carbons (Fsp3) is 0.355. The summed E-state index contributed by atoms with van der Waals surface area (Å²) in [6.07, 6.45) is -1.24. The van der Waals surface area contributed by atoms with E-state index in [1.165, 1.54) is 35.2 Å². The summed E-state index contributed by atoms with van der Waals surface area (Å²) in [7, 11) is -4.58. The minimum Gasteiger partial charge on any atom is -0.352 e. The SMILES string of the molecule is CC[C@@H](C(=O)NC1CCCC1)N(Cc1ccc(Cl)cc1Cl)C(=O)CN(c1ccc(Cl)c(C(F)(F)F)c1)S(=O)(=O)c1ccccc1. The molecule has 2 amide bonds. The van der Waals surface area contributed by atoms with E-state index in [0.29, 0.717) is 21.0 Å². The average Bonchev–Trinajstić information content (AvgIpc) is 3.50. The lowest BCUT2D eigenvalue weighted by atomic mass is 10.1. The van der Waals surface area contributed by atoms with E-state index in [1.807, 2.05) is 0 Å². The molecular weight excluding hydrogens is 674 g/mol. The zero-order chi connectivity index (χ0) is 32.9. The molecule has 7 nitrogen and oxygen atoms in total. The quantitative estimate of drug-likeness (QED) is 0.222. The highest BCUT2D eigenvalue weighted by molar-refractivity contribution is 7.92. The second-order valence-electron chi connectivity index (χ2n) is 10.7. The predicted molar refractivity (Wildman–Crippen MR) is 169 cm³/mol. The van der Waals surface area contributed by atoms with Crippen molar-refractivity contribution in [2.45, 2.75) is 68.7 Å². The first-order valence-electron chi connectivity index (χ1n) is 14.2. The lowest BCUT2D eigenvalue weighted by Gasteiger charge is -2.34. The van der Waals surface area contributed by atoms with Crippen molar-refractivity contribution in [3.8, 4) is 0 Å². The molecule has 14 heteroatoms. The maximum Gasteiger partial charge on any atom is 0.417 e. The van der Waals surface area contributed by atoms with E-state index in [4.69, 9.17) is 34.8 Å². The maximum absolute atomic E-state index is 14.2. The van der Waals surface area contributed by atoms with E-state index in [1.54, 1.807) is 25.1 Å². The molecule has 0 aliphatic heterocycles. The number of carbonyl (C=O) groups excluding carboxylic acids is 2. The number of sulfonamides is 1. The summed E-state index contributed by atoms with van der Waals surface area (Å²) in [4.78, 5) is 28.7. The van der Waals surface area contributed by atoms with Gasteiger partial charge in [-0.3, -0.25) is 13.9 Å². The van der Waals surface area contributed by atoms with E-state index in [2.05, 4.69) is 5.32 Å². The number of nitrogens with one attached hydrogen (secondary N) is 1. The molecule has 4 rings (SSSR count). The number of halogens is 6. The third-order valence-corrected chi connectivity index (χ3v) is 10.3. The molecule has 242 valence electrons. The van der Waals surface area contributed by atoms with Crippen LogP contribution in [0.4, 0.5) is 18.9 Å². The zero-order valence-corrected chi connectivity index (χ0v) is 27.2. The molecule has 0 unspecified atom stereocenters. The Morgan fingerprint density at radius 2 is 1.62 bits per heavy atom. The van der Waals surface area contributed by atoms with Crippen LogP contribution in [0.1, 0.15) is 50.2 Å². The summed E-state index contributed by atoms with van der Waals surface area (Å²) in [6, 6.07) is 13.1. The van der Waals surface area contributed by atoms with Crippen LogP contribution < -0.4 is 9.62 Å². The normalized spacial score (nSPS) is 14.6. The van der Waals surface area contributed by atoms with Crippen molar-refractivity contribution in [3.05, 3.63) is 92.9 Å². The first-order valence-corrected chi connectivity index (χ1v) is 16.8. The monoisotopic (exact) mass is 703 g/mol.